The van der Waals surface area contributed by atoms with Gasteiger partial charge in [0.25, 0.3) is 5.91 Å². The SMILES string of the molecule is O=C1CN(c2ccc(Cn3cc(-c4ccc(Cl)cc4Cl)nc3C=Cc3ccc(Oc4ccccc4)cc3)cc2)S(=O)(=O)N1. The quantitative estimate of drug-likeness (QED) is 0.198. The highest BCUT2D eigenvalue weighted by Crippen LogP contribution is 2.31. The highest BCUT2D eigenvalue weighted by molar-refractivity contribution is 7.92. The minimum atomic E-state index is -3.88. The van der Waals surface area contributed by atoms with Gasteiger partial charge in [-0.2, -0.15) is 8.42 Å². The molecule has 0 aliphatic carbocycles. The van der Waals surface area contributed by atoms with Crippen LogP contribution < -0.4 is 13.8 Å². The number of carbonyl (C=O) groups is 1. The minimum Gasteiger partial charge on any atom is -0.457 e. The van der Waals surface area contributed by atoms with Crippen LogP contribution >= 0.6 is 23.2 Å². The van der Waals surface area contributed by atoms with Crippen LogP contribution in [-0.2, 0) is 21.5 Å². The van der Waals surface area contributed by atoms with Crippen molar-refractivity contribution in [3.05, 3.63) is 130 Å². The number of halogens is 2. The number of carbonyl (C=O) groups excluding carboxylic acids is 1. The van der Waals surface area contributed by atoms with Crippen molar-refractivity contribution < 1.29 is 17.9 Å². The Morgan fingerprint density at radius 3 is 2.28 bits per heavy atom. The average Bonchev–Trinajstić information content (AvgIpc) is 3.51. The Balaban J connectivity index is 1.26. The summed E-state index contributed by atoms with van der Waals surface area (Å²) in [5.41, 5.74) is 3.69. The molecule has 8 nitrogen and oxygen atoms in total. The summed E-state index contributed by atoms with van der Waals surface area (Å²) < 4.78 is 35.3. The summed E-state index contributed by atoms with van der Waals surface area (Å²) in [7, 11) is -3.88. The van der Waals surface area contributed by atoms with E-state index in [4.69, 9.17) is 32.9 Å². The summed E-state index contributed by atoms with van der Waals surface area (Å²) in [6.07, 6.45) is 5.79. The van der Waals surface area contributed by atoms with Crippen LogP contribution in [0, 0.1) is 0 Å². The predicted octanol–water partition coefficient (Wildman–Crippen LogP) is 7.05. The van der Waals surface area contributed by atoms with Crippen molar-refractivity contribution in [2.45, 2.75) is 6.54 Å². The van der Waals surface area contributed by atoms with Gasteiger partial charge in [0.05, 0.1) is 16.4 Å². The number of rotatable bonds is 8. The molecular weight excluding hydrogens is 607 g/mol. The molecular formula is C32H24Cl2N4O4S. The van der Waals surface area contributed by atoms with Crippen LogP contribution in [0.25, 0.3) is 23.4 Å². The number of amides is 1. The zero-order valence-corrected chi connectivity index (χ0v) is 24.9. The summed E-state index contributed by atoms with van der Waals surface area (Å²) in [5.74, 6) is 1.62. The Morgan fingerprint density at radius 1 is 0.884 bits per heavy atom. The Hall–Kier alpha value is -4.57. The van der Waals surface area contributed by atoms with E-state index < -0.39 is 16.1 Å². The van der Waals surface area contributed by atoms with Gasteiger partial charge >= 0.3 is 10.2 Å². The van der Waals surface area contributed by atoms with Crippen LogP contribution in [0.5, 0.6) is 11.5 Å². The molecule has 0 spiro atoms. The van der Waals surface area contributed by atoms with Gasteiger partial charge in [-0.05, 0) is 71.8 Å². The van der Waals surface area contributed by atoms with Crippen molar-refractivity contribution in [1.29, 1.82) is 0 Å². The molecule has 0 atom stereocenters. The highest BCUT2D eigenvalue weighted by Gasteiger charge is 2.33. The van der Waals surface area contributed by atoms with Crippen LogP contribution in [0.4, 0.5) is 5.69 Å². The van der Waals surface area contributed by atoms with Gasteiger partial charge in [-0.25, -0.2) is 14.0 Å². The van der Waals surface area contributed by atoms with E-state index in [9.17, 15) is 13.2 Å². The fraction of sp³-hybridized carbons (Fsp3) is 0.0625. The summed E-state index contributed by atoms with van der Waals surface area (Å²) in [5, 5.41) is 1.02. The number of ether oxygens (including phenoxy) is 1. The van der Waals surface area contributed by atoms with Crippen molar-refractivity contribution in [1.82, 2.24) is 14.3 Å². The standard InChI is InChI=1S/C32H24Cl2N4O4S/c33-24-11-16-28(29(34)18-24)30-20-37(19-23-6-12-25(13-7-23)38-21-32(39)36-43(38,40)41)31(35-30)17-10-22-8-14-27(15-9-22)42-26-4-2-1-3-5-26/h1-18,20H,19,21H2,(H,36,39). The van der Waals surface area contributed by atoms with Crippen LogP contribution in [-0.4, -0.2) is 30.4 Å². The maximum Gasteiger partial charge on any atom is 0.326 e. The van der Waals surface area contributed by atoms with Gasteiger partial charge in [0, 0.05) is 23.3 Å². The molecule has 4 aromatic carbocycles. The molecule has 11 heteroatoms. The summed E-state index contributed by atoms with van der Waals surface area (Å²) >= 11 is 12.6. The third-order valence-corrected chi connectivity index (χ3v) is 8.65. The molecule has 1 aromatic heterocycles. The number of hydrogen-bond acceptors (Lipinski definition) is 5. The molecule has 2 heterocycles. The molecule has 6 rings (SSSR count). The Morgan fingerprint density at radius 2 is 1.60 bits per heavy atom. The first kappa shape index (κ1) is 28.5. The maximum atomic E-state index is 12.2. The molecule has 1 N–H and O–H groups in total. The summed E-state index contributed by atoms with van der Waals surface area (Å²) in [6, 6.07) is 29.6. The van der Waals surface area contributed by atoms with E-state index in [-0.39, 0.29) is 6.54 Å². The fourth-order valence-electron chi connectivity index (χ4n) is 4.60. The number of nitrogens with one attached hydrogen (secondary N) is 1. The zero-order chi connectivity index (χ0) is 30.0. The third-order valence-electron chi connectivity index (χ3n) is 6.70. The summed E-state index contributed by atoms with van der Waals surface area (Å²) in [4.78, 5) is 16.5. The number of benzene rings is 4. The second-order valence-electron chi connectivity index (χ2n) is 9.76. The van der Waals surface area contributed by atoms with Crippen LogP contribution in [0.15, 0.2) is 103 Å². The number of nitrogens with zero attached hydrogens (tertiary/aromatic N) is 3. The number of hydrogen-bond donors (Lipinski definition) is 1. The molecule has 0 saturated carbocycles. The van der Waals surface area contributed by atoms with Crippen LogP contribution in [0.1, 0.15) is 17.0 Å². The van der Waals surface area contributed by atoms with Gasteiger partial charge in [0.2, 0.25) is 0 Å². The normalized spacial score (nSPS) is 14.3. The molecule has 5 aromatic rings. The monoisotopic (exact) mass is 630 g/mol. The minimum absolute atomic E-state index is 0.247. The highest BCUT2D eigenvalue weighted by atomic mass is 35.5. The molecule has 1 aliphatic rings. The molecule has 0 bridgehead atoms. The van der Waals surface area contributed by atoms with E-state index in [0.29, 0.717) is 33.8 Å². The fourth-order valence-corrected chi connectivity index (χ4v) is 6.25. The first-order valence-corrected chi connectivity index (χ1v) is 15.4. The lowest BCUT2D eigenvalue weighted by Gasteiger charge is -2.15. The Labute approximate surface area is 259 Å². The lowest BCUT2D eigenvalue weighted by Crippen LogP contribution is -2.29. The smallest absolute Gasteiger partial charge is 0.326 e. The number of anilines is 1. The maximum absolute atomic E-state index is 12.2. The largest absolute Gasteiger partial charge is 0.457 e. The lowest BCUT2D eigenvalue weighted by atomic mass is 10.1. The first-order chi connectivity index (χ1) is 20.7. The van der Waals surface area contributed by atoms with E-state index in [1.165, 1.54) is 0 Å². The van der Waals surface area contributed by atoms with Crippen molar-refractivity contribution in [2.24, 2.45) is 0 Å². The van der Waals surface area contributed by atoms with Crippen LogP contribution in [0.2, 0.25) is 10.0 Å². The van der Waals surface area contributed by atoms with Crippen molar-refractivity contribution in [2.75, 3.05) is 10.8 Å². The summed E-state index contributed by atoms with van der Waals surface area (Å²) in [6.45, 7) is 0.203. The van der Waals surface area contributed by atoms with Gasteiger partial charge in [-0.15, -0.1) is 0 Å². The lowest BCUT2D eigenvalue weighted by molar-refractivity contribution is -0.117. The molecule has 0 radical (unpaired) electrons. The topological polar surface area (TPSA) is 93.5 Å². The van der Waals surface area contributed by atoms with Crippen molar-refractivity contribution >= 4 is 57.2 Å². The molecule has 1 fully saturated rings. The van der Waals surface area contributed by atoms with E-state index in [2.05, 4.69) is 0 Å². The van der Waals surface area contributed by atoms with Crippen molar-refractivity contribution in [3.63, 3.8) is 0 Å². The van der Waals surface area contributed by atoms with E-state index in [1.54, 1.807) is 24.3 Å². The van der Waals surface area contributed by atoms with Gasteiger partial charge < -0.3 is 9.30 Å². The average molecular weight is 632 g/mol. The predicted molar refractivity (Wildman–Crippen MR) is 170 cm³/mol. The van der Waals surface area contributed by atoms with E-state index in [0.717, 1.165) is 32.5 Å². The number of aromatic nitrogens is 2. The third kappa shape index (κ3) is 6.59. The van der Waals surface area contributed by atoms with E-state index in [1.807, 2.05) is 100 Å². The molecule has 1 amide bonds. The molecule has 1 saturated heterocycles. The second kappa shape index (κ2) is 12.0. The molecule has 1 aliphatic heterocycles. The molecule has 0 unspecified atom stereocenters. The van der Waals surface area contributed by atoms with Gasteiger partial charge in [0.1, 0.15) is 23.9 Å². The van der Waals surface area contributed by atoms with Gasteiger partial charge in [-0.1, -0.05) is 71.7 Å². The number of imidazole rings is 1. The first-order valence-electron chi connectivity index (χ1n) is 13.2. The van der Waals surface area contributed by atoms with Gasteiger partial charge in [0.15, 0.2) is 0 Å². The van der Waals surface area contributed by atoms with Crippen molar-refractivity contribution in [3.8, 4) is 22.8 Å². The second-order valence-corrected chi connectivity index (χ2v) is 12.2. The Bertz CT molecular complexity index is 1930. The Kier molecular flexibility index (Phi) is 7.94. The zero-order valence-electron chi connectivity index (χ0n) is 22.5. The molecule has 43 heavy (non-hydrogen) atoms. The molecule has 216 valence electrons. The van der Waals surface area contributed by atoms with Crippen LogP contribution in [0.3, 0.4) is 0 Å². The van der Waals surface area contributed by atoms with E-state index >= 15 is 0 Å². The number of para-hydroxylation sites is 1. The van der Waals surface area contributed by atoms with Gasteiger partial charge in [-0.3, -0.25) is 4.79 Å².